The van der Waals surface area contributed by atoms with Gasteiger partial charge in [-0.2, -0.15) is 0 Å². The van der Waals surface area contributed by atoms with Crippen LogP contribution in [0.5, 0.6) is 5.75 Å². The van der Waals surface area contributed by atoms with Crippen molar-refractivity contribution in [1.29, 1.82) is 0 Å². The number of hydrogen-bond acceptors (Lipinski definition) is 5. The van der Waals surface area contributed by atoms with Crippen molar-refractivity contribution in [3.8, 4) is 5.75 Å². The molecule has 1 aromatic rings. The van der Waals surface area contributed by atoms with E-state index in [0.29, 0.717) is 0 Å². The standard InChI is InChI=1S/C11H14O5S/c1-15-7-9(12)8-17(13,14)11-6-4-3-5-10(11)16-2/h3-6H,7-8H2,1-2H3. The van der Waals surface area contributed by atoms with Crippen molar-refractivity contribution in [2.24, 2.45) is 0 Å². The molecule has 0 aliphatic heterocycles. The highest BCUT2D eigenvalue weighted by Gasteiger charge is 2.22. The highest BCUT2D eigenvalue weighted by atomic mass is 32.2. The Morgan fingerprint density at radius 3 is 2.47 bits per heavy atom. The molecular weight excluding hydrogens is 244 g/mol. The minimum absolute atomic E-state index is 0.0203. The van der Waals surface area contributed by atoms with Crippen molar-refractivity contribution in [3.05, 3.63) is 24.3 Å². The molecule has 0 aliphatic rings. The largest absolute Gasteiger partial charge is 0.495 e. The van der Waals surface area contributed by atoms with Crippen molar-refractivity contribution in [2.45, 2.75) is 4.90 Å². The van der Waals surface area contributed by atoms with E-state index in [9.17, 15) is 13.2 Å². The quantitative estimate of drug-likeness (QED) is 0.750. The highest BCUT2D eigenvalue weighted by molar-refractivity contribution is 7.92. The molecule has 0 bridgehead atoms. The Morgan fingerprint density at radius 2 is 1.88 bits per heavy atom. The van der Waals surface area contributed by atoms with Crippen LogP contribution >= 0.6 is 0 Å². The van der Waals surface area contributed by atoms with E-state index < -0.39 is 21.4 Å². The third-order valence-corrected chi connectivity index (χ3v) is 3.77. The van der Waals surface area contributed by atoms with Gasteiger partial charge >= 0.3 is 0 Å². The summed E-state index contributed by atoms with van der Waals surface area (Å²) in [5.74, 6) is -0.836. The van der Waals surface area contributed by atoms with E-state index >= 15 is 0 Å². The van der Waals surface area contributed by atoms with Crippen LogP contribution < -0.4 is 4.74 Å². The number of Topliss-reactive ketones (excluding diaryl/α,β-unsaturated/α-hetero) is 1. The number of carbonyl (C=O) groups excluding carboxylic acids is 1. The Kier molecular flexibility index (Phi) is 4.65. The summed E-state index contributed by atoms with van der Waals surface area (Å²) in [5.41, 5.74) is 0. The van der Waals surface area contributed by atoms with Gasteiger partial charge in [-0.25, -0.2) is 8.42 Å². The predicted octanol–water partition coefficient (Wildman–Crippen LogP) is 0.684. The van der Waals surface area contributed by atoms with Crippen LogP contribution in [0.15, 0.2) is 29.2 Å². The van der Waals surface area contributed by atoms with Crippen molar-refractivity contribution in [1.82, 2.24) is 0 Å². The molecule has 0 N–H and O–H groups in total. The van der Waals surface area contributed by atoms with E-state index in [1.165, 1.54) is 26.4 Å². The maximum atomic E-state index is 11.9. The van der Waals surface area contributed by atoms with E-state index in [0.717, 1.165) is 0 Å². The highest BCUT2D eigenvalue weighted by Crippen LogP contribution is 2.23. The summed E-state index contributed by atoms with van der Waals surface area (Å²) in [6.07, 6.45) is 0. The summed E-state index contributed by atoms with van der Waals surface area (Å²) in [6.45, 7) is -0.214. The second kappa shape index (κ2) is 5.79. The average molecular weight is 258 g/mol. The zero-order valence-electron chi connectivity index (χ0n) is 9.67. The molecule has 0 radical (unpaired) electrons. The third kappa shape index (κ3) is 3.54. The van der Waals surface area contributed by atoms with Gasteiger partial charge in [0.25, 0.3) is 0 Å². The predicted molar refractivity (Wildman–Crippen MR) is 61.9 cm³/mol. The first kappa shape index (κ1) is 13.7. The fraction of sp³-hybridized carbons (Fsp3) is 0.364. The fourth-order valence-electron chi connectivity index (χ4n) is 1.37. The van der Waals surface area contributed by atoms with Crippen molar-refractivity contribution in [2.75, 3.05) is 26.6 Å². The summed E-state index contributed by atoms with van der Waals surface area (Å²) >= 11 is 0. The number of carbonyl (C=O) groups is 1. The number of para-hydroxylation sites is 1. The molecule has 94 valence electrons. The molecule has 0 saturated carbocycles. The molecule has 0 fully saturated rings. The van der Waals surface area contributed by atoms with Gasteiger partial charge in [-0.05, 0) is 12.1 Å². The molecule has 0 aliphatic carbocycles. The molecule has 0 saturated heterocycles. The molecular formula is C11H14O5S. The van der Waals surface area contributed by atoms with Gasteiger partial charge in [0.15, 0.2) is 15.6 Å². The second-order valence-electron chi connectivity index (χ2n) is 3.38. The Labute approximate surface area is 100 Å². The zero-order valence-corrected chi connectivity index (χ0v) is 10.5. The number of hydrogen-bond donors (Lipinski definition) is 0. The lowest BCUT2D eigenvalue weighted by atomic mass is 10.3. The van der Waals surface area contributed by atoms with E-state index in [1.807, 2.05) is 0 Å². The summed E-state index contributed by atoms with van der Waals surface area (Å²) in [5, 5.41) is 0. The first-order valence-electron chi connectivity index (χ1n) is 4.87. The Morgan fingerprint density at radius 1 is 1.24 bits per heavy atom. The molecule has 0 unspecified atom stereocenters. The lowest BCUT2D eigenvalue weighted by Gasteiger charge is -2.08. The van der Waals surface area contributed by atoms with Gasteiger partial charge in [0.2, 0.25) is 0 Å². The van der Waals surface area contributed by atoms with Crippen molar-refractivity contribution < 1.29 is 22.7 Å². The number of sulfone groups is 1. The van der Waals surface area contributed by atoms with Crippen LogP contribution in [0.3, 0.4) is 0 Å². The molecule has 5 nitrogen and oxygen atoms in total. The van der Waals surface area contributed by atoms with Crippen LogP contribution in [0.25, 0.3) is 0 Å². The van der Waals surface area contributed by atoms with Gasteiger partial charge in [0, 0.05) is 7.11 Å². The monoisotopic (exact) mass is 258 g/mol. The van der Waals surface area contributed by atoms with E-state index in [-0.39, 0.29) is 17.3 Å². The smallest absolute Gasteiger partial charge is 0.189 e. The fourth-order valence-corrected chi connectivity index (χ4v) is 2.77. The second-order valence-corrected chi connectivity index (χ2v) is 5.34. The van der Waals surface area contributed by atoms with Crippen LogP contribution in [-0.2, 0) is 19.4 Å². The van der Waals surface area contributed by atoms with Gasteiger partial charge in [0.1, 0.15) is 23.0 Å². The van der Waals surface area contributed by atoms with Crippen LogP contribution in [0, 0.1) is 0 Å². The van der Waals surface area contributed by atoms with Crippen LogP contribution in [-0.4, -0.2) is 40.8 Å². The average Bonchev–Trinajstić information content (AvgIpc) is 2.28. The van der Waals surface area contributed by atoms with Crippen LogP contribution in [0.4, 0.5) is 0 Å². The number of ether oxygens (including phenoxy) is 2. The van der Waals surface area contributed by atoms with Gasteiger partial charge in [0.05, 0.1) is 7.11 Å². The Balaban J connectivity index is 3.01. The molecule has 0 spiro atoms. The Hall–Kier alpha value is -1.40. The maximum Gasteiger partial charge on any atom is 0.189 e. The first-order valence-corrected chi connectivity index (χ1v) is 6.53. The normalized spacial score (nSPS) is 11.2. The van der Waals surface area contributed by atoms with Crippen molar-refractivity contribution in [3.63, 3.8) is 0 Å². The van der Waals surface area contributed by atoms with Gasteiger partial charge < -0.3 is 9.47 Å². The number of methoxy groups -OCH3 is 2. The van der Waals surface area contributed by atoms with Gasteiger partial charge in [-0.15, -0.1) is 0 Å². The minimum Gasteiger partial charge on any atom is -0.495 e. The molecule has 0 atom stereocenters. The molecule has 1 rings (SSSR count). The molecule has 1 aromatic carbocycles. The molecule has 17 heavy (non-hydrogen) atoms. The number of ketones is 1. The number of rotatable bonds is 6. The summed E-state index contributed by atoms with van der Waals surface area (Å²) in [6, 6.07) is 6.19. The SMILES string of the molecule is COCC(=O)CS(=O)(=O)c1ccccc1OC. The minimum atomic E-state index is -3.68. The van der Waals surface area contributed by atoms with Crippen LogP contribution in [0.1, 0.15) is 0 Å². The molecule has 0 amide bonds. The van der Waals surface area contributed by atoms with E-state index in [1.54, 1.807) is 12.1 Å². The number of benzene rings is 1. The van der Waals surface area contributed by atoms with E-state index in [4.69, 9.17) is 4.74 Å². The Bertz CT molecular complexity index is 492. The summed E-state index contributed by atoms with van der Waals surface area (Å²) in [4.78, 5) is 11.3. The lowest BCUT2D eigenvalue weighted by Crippen LogP contribution is -2.20. The topological polar surface area (TPSA) is 69.7 Å². The first-order chi connectivity index (χ1) is 8.01. The van der Waals surface area contributed by atoms with E-state index in [2.05, 4.69) is 4.74 Å². The van der Waals surface area contributed by atoms with Gasteiger partial charge in [-0.1, -0.05) is 12.1 Å². The lowest BCUT2D eigenvalue weighted by molar-refractivity contribution is -0.120. The molecule has 6 heteroatoms. The summed E-state index contributed by atoms with van der Waals surface area (Å²) in [7, 11) is -0.958. The van der Waals surface area contributed by atoms with Crippen molar-refractivity contribution >= 4 is 15.6 Å². The summed E-state index contributed by atoms with van der Waals surface area (Å²) < 4.78 is 33.4. The third-order valence-electron chi connectivity index (χ3n) is 2.06. The van der Waals surface area contributed by atoms with Gasteiger partial charge in [-0.3, -0.25) is 4.79 Å². The van der Waals surface area contributed by atoms with Crippen LogP contribution in [0.2, 0.25) is 0 Å². The maximum absolute atomic E-state index is 11.9. The molecule has 0 aromatic heterocycles. The molecule has 0 heterocycles. The zero-order chi connectivity index (χ0) is 12.9.